The number of ketones is 1. The van der Waals surface area contributed by atoms with Crippen molar-refractivity contribution in [2.75, 3.05) is 11.5 Å². The van der Waals surface area contributed by atoms with E-state index in [1.165, 1.54) is 11.0 Å². The van der Waals surface area contributed by atoms with E-state index in [0.717, 1.165) is 12.0 Å². The molecule has 168 valence electrons. The van der Waals surface area contributed by atoms with E-state index in [0.29, 0.717) is 23.5 Å². The van der Waals surface area contributed by atoms with Crippen molar-refractivity contribution in [1.29, 1.82) is 0 Å². The van der Waals surface area contributed by atoms with Crippen molar-refractivity contribution >= 4 is 23.1 Å². The van der Waals surface area contributed by atoms with Gasteiger partial charge in [-0.3, -0.25) is 19.5 Å². The summed E-state index contributed by atoms with van der Waals surface area (Å²) in [7, 11) is 0. The van der Waals surface area contributed by atoms with Crippen LogP contribution in [-0.2, 0) is 9.59 Å². The molecule has 0 saturated carbocycles. The second-order valence-electron chi connectivity index (χ2n) is 7.77. The van der Waals surface area contributed by atoms with Crippen LogP contribution < -0.4 is 9.64 Å². The summed E-state index contributed by atoms with van der Waals surface area (Å²) in [5.74, 6) is -1.42. The molecule has 3 aromatic rings. The first-order chi connectivity index (χ1) is 15.9. The maximum Gasteiger partial charge on any atom is 0.300 e. The molecule has 7 heteroatoms. The van der Waals surface area contributed by atoms with E-state index >= 15 is 0 Å². The Bertz CT molecular complexity index is 1240. The van der Waals surface area contributed by atoms with Crippen molar-refractivity contribution in [3.05, 3.63) is 89.3 Å². The van der Waals surface area contributed by atoms with Crippen LogP contribution in [0.15, 0.2) is 72.6 Å². The van der Waals surface area contributed by atoms with Crippen LogP contribution in [0.2, 0.25) is 0 Å². The number of Topliss-reactive ketones (excluding diaryl/α,β-unsaturated/α-hetero) is 1. The minimum atomic E-state index is -0.933. The Labute approximate surface area is 191 Å². The predicted molar refractivity (Wildman–Crippen MR) is 124 cm³/mol. The average Bonchev–Trinajstić information content (AvgIpc) is 3.09. The first-order valence-corrected chi connectivity index (χ1v) is 10.7. The highest BCUT2D eigenvalue weighted by Crippen LogP contribution is 2.44. The van der Waals surface area contributed by atoms with Gasteiger partial charge in [-0.2, -0.15) is 0 Å². The van der Waals surface area contributed by atoms with E-state index in [-0.39, 0.29) is 22.8 Å². The molecule has 0 aliphatic carbocycles. The zero-order chi connectivity index (χ0) is 23.5. The largest absolute Gasteiger partial charge is 0.507 e. The molecular formula is C26H24N2O5. The maximum atomic E-state index is 13.2. The molecule has 1 saturated heterocycles. The zero-order valence-electron chi connectivity index (χ0n) is 18.4. The first-order valence-electron chi connectivity index (χ1n) is 10.7. The van der Waals surface area contributed by atoms with Crippen LogP contribution in [0.4, 0.5) is 5.69 Å². The van der Waals surface area contributed by atoms with Gasteiger partial charge in [0, 0.05) is 18.0 Å². The number of amides is 1. The molecule has 7 nitrogen and oxygen atoms in total. The maximum absolute atomic E-state index is 13.2. The number of hydrogen-bond donors (Lipinski definition) is 2. The van der Waals surface area contributed by atoms with Gasteiger partial charge in [0.15, 0.2) is 0 Å². The van der Waals surface area contributed by atoms with E-state index in [4.69, 9.17) is 4.74 Å². The van der Waals surface area contributed by atoms with E-state index in [1.807, 2.05) is 13.8 Å². The molecule has 2 aromatic carbocycles. The van der Waals surface area contributed by atoms with Crippen LogP contribution >= 0.6 is 0 Å². The number of pyridine rings is 1. The Morgan fingerprint density at radius 3 is 2.48 bits per heavy atom. The number of benzene rings is 2. The number of aryl methyl sites for hydroxylation is 1. The summed E-state index contributed by atoms with van der Waals surface area (Å²) < 4.78 is 5.70. The predicted octanol–water partition coefficient (Wildman–Crippen LogP) is 4.51. The standard InChI is InChI=1S/C26H24N2O5/c1-3-14-33-21-9-8-18(15-16(21)2)24(30)22-23(17-10-12-27-13-11-17)28(26(32)25(22)31)19-6-4-5-7-20(19)29/h4-13,15,23,29-30H,3,14H2,1-2H3/b24-22-. The summed E-state index contributed by atoms with van der Waals surface area (Å²) >= 11 is 0. The van der Waals surface area contributed by atoms with Gasteiger partial charge in [-0.15, -0.1) is 0 Å². The summed E-state index contributed by atoms with van der Waals surface area (Å²) in [5, 5.41) is 21.6. The number of aromatic nitrogens is 1. The third-order valence-corrected chi connectivity index (χ3v) is 5.52. The molecule has 0 bridgehead atoms. The van der Waals surface area contributed by atoms with Crippen molar-refractivity contribution < 1.29 is 24.5 Å². The third-order valence-electron chi connectivity index (χ3n) is 5.52. The second-order valence-corrected chi connectivity index (χ2v) is 7.77. The van der Waals surface area contributed by atoms with Gasteiger partial charge < -0.3 is 14.9 Å². The van der Waals surface area contributed by atoms with E-state index < -0.39 is 17.7 Å². The zero-order valence-corrected chi connectivity index (χ0v) is 18.4. The Hall–Kier alpha value is -4.13. The molecule has 33 heavy (non-hydrogen) atoms. The fourth-order valence-electron chi connectivity index (χ4n) is 3.94. The molecule has 1 unspecified atom stereocenters. The molecule has 0 spiro atoms. The first kappa shape index (κ1) is 22.1. The van der Waals surface area contributed by atoms with Gasteiger partial charge in [-0.05, 0) is 66.9 Å². The number of aromatic hydroxyl groups is 1. The van der Waals surface area contributed by atoms with Crippen LogP contribution in [0.3, 0.4) is 0 Å². The number of aliphatic hydroxyl groups is 1. The van der Waals surface area contributed by atoms with Crippen molar-refractivity contribution in [3.63, 3.8) is 0 Å². The van der Waals surface area contributed by atoms with Crippen molar-refractivity contribution in [3.8, 4) is 11.5 Å². The van der Waals surface area contributed by atoms with Gasteiger partial charge in [0.25, 0.3) is 11.7 Å². The van der Waals surface area contributed by atoms with Gasteiger partial charge in [0.2, 0.25) is 0 Å². The van der Waals surface area contributed by atoms with Crippen molar-refractivity contribution in [1.82, 2.24) is 4.98 Å². The van der Waals surface area contributed by atoms with Gasteiger partial charge >= 0.3 is 0 Å². The quantitative estimate of drug-likeness (QED) is 0.330. The lowest BCUT2D eigenvalue weighted by Crippen LogP contribution is -2.29. The molecule has 1 amide bonds. The van der Waals surface area contributed by atoms with Crippen LogP contribution in [-0.4, -0.2) is 33.5 Å². The van der Waals surface area contributed by atoms with Crippen molar-refractivity contribution in [2.24, 2.45) is 0 Å². The molecule has 1 atom stereocenters. The van der Waals surface area contributed by atoms with E-state index in [9.17, 15) is 19.8 Å². The minimum Gasteiger partial charge on any atom is -0.507 e. The Morgan fingerprint density at radius 1 is 1.09 bits per heavy atom. The highest BCUT2D eigenvalue weighted by Gasteiger charge is 2.47. The molecular weight excluding hydrogens is 420 g/mol. The summed E-state index contributed by atoms with van der Waals surface area (Å²) in [6.07, 6.45) is 3.96. The van der Waals surface area contributed by atoms with Gasteiger partial charge in [0.05, 0.1) is 23.9 Å². The SMILES string of the molecule is CCCOc1ccc(/C(O)=C2/C(=O)C(=O)N(c3ccccc3O)C2c2ccncc2)cc1C. The smallest absolute Gasteiger partial charge is 0.300 e. The number of anilines is 1. The van der Waals surface area contributed by atoms with Crippen LogP contribution in [0.1, 0.15) is 36.1 Å². The number of hydrogen-bond acceptors (Lipinski definition) is 6. The molecule has 1 aliphatic rings. The monoisotopic (exact) mass is 444 g/mol. The van der Waals surface area contributed by atoms with Crippen LogP contribution in [0, 0.1) is 6.92 Å². The lowest BCUT2D eigenvalue weighted by Gasteiger charge is -2.25. The number of aliphatic hydroxyl groups excluding tert-OH is 1. The second kappa shape index (κ2) is 9.16. The van der Waals surface area contributed by atoms with Gasteiger partial charge in [0.1, 0.15) is 17.3 Å². The number of ether oxygens (including phenoxy) is 1. The molecule has 2 heterocycles. The van der Waals surface area contributed by atoms with Crippen LogP contribution in [0.5, 0.6) is 11.5 Å². The normalized spacial score (nSPS) is 17.4. The molecule has 2 N–H and O–H groups in total. The number of para-hydroxylation sites is 2. The van der Waals surface area contributed by atoms with E-state index in [2.05, 4.69) is 4.98 Å². The Kier molecular flexibility index (Phi) is 6.13. The Balaban J connectivity index is 1.88. The molecule has 0 radical (unpaired) electrons. The molecule has 1 aliphatic heterocycles. The number of rotatable bonds is 6. The average molecular weight is 444 g/mol. The number of phenols is 1. The third kappa shape index (κ3) is 4.05. The number of phenolic OH excluding ortho intramolecular Hbond substituents is 1. The topological polar surface area (TPSA) is 100.0 Å². The highest BCUT2D eigenvalue weighted by molar-refractivity contribution is 6.51. The molecule has 1 aromatic heterocycles. The highest BCUT2D eigenvalue weighted by atomic mass is 16.5. The molecule has 4 rings (SSSR count). The van der Waals surface area contributed by atoms with E-state index in [1.54, 1.807) is 60.9 Å². The van der Waals surface area contributed by atoms with Crippen molar-refractivity contribution in [2.45, 2.75) is 26.3 Å². The fourth-order valence-corrected chi connectivity index (χ4v) is 3.94. The fraction of sp³-hybridized carbons (Fsp3) is 0.192. The Morgan fingerprint density at radius 2 is 1.82 bits per heavy atom. The minimum absolute atomic E-state index is 0.0592. The lowest BCUT2D eigenvalue weighted by atomic mass is 9.95. The van der Waals surface area contributed by atoms with Crippen LogP contribution in [0.25, 0.3) is 5.76 Å². The number of carbonyl (C=O) groups excluding carboxylic acids is 2. The van der Waals surface area contributed by atoms with Gasteiger partial charge in [-0.1, -0.05) is 19.1 Å². The summed E-state index contributed by atoms with van der Waals surface area (Å²) in [4.78, 5) is 31.5. The van der Waals surface area contributed by atoms with Gasteiger partial charge in [-0.25, -0.2) is 0 Å². The number of nitrogens with zero attached hydrogens (tertiary/aromatic N) is 2. The number of carbonyl (C=O) groups is 2. The summed E-state index contributed by atoms with van der Waals surface area (Å²) in [5.41, 5.74) is 1.89. The summed E-state index contributed by atoms with van der Waals surface area (Å²) in [6, 6.07) is 13.8. The summed E-state index contributed by atoms with van der Waals surface area (Å²) in [6.45, 7) is 4.43. The molecule has 1 fully saturated rings. The lowest BCUT2D eigenvalue weighted by molar-refractivity contribution is -0.132.